The number of rotatable bonds is 1. The van der Waals surface area contributed by atoms with Gasteiger partial charge in [0.05, 0.1) is 7.11 Å². The lowest BCUT2D eigenvalue weighted by molar-refractivity contribution is -0.138. The summed E-state index contributed by atoms with van der Waals surface area (Å²) in [5.41, 5.74) is 2.57. The Labute approximate surface area is 154 Å². The van der Waals surface area contributed by atoms with Crippen molar-refractivity contribution in [2.75, 3.05) is 20.7 Å². The Hall–Kier alpha value is -0.970. The summed E-state index contributed by atoms with van der Waals surface area (Å²) in [6.07, 6.45) is 3.47. The van der Waals surface area contributed by atoms with Crippen LogP contribution in [-0.2, 0) is 16.6 Å². The number of likely N-dealkylation sites (N-methyl/N-ethyl adjacent to an activating group) is 1. The van der Waals surface area contributed by atoms with Crippen molar-refractivity contribution in [3.05, 3.63) is 23.3 Å². The molecule has 2 aliphatic carbocycles. The number of hydrogen-bond donors (Lipinski definition) is 0. The maximum absolute atomic E-state index is 12.6. The highest BCUT2D eigenvalue weighted by Crippen LogP contribution is 2.62. The smallest absolute Gasteiger partial charge is 0.174 e. The highest BCUT2D eigenvalue weighted by molar-refractivity contribution is 5.89. The number of ketones is 1. The van der Waals surface area contributed by atoms with Crippen molar-refractivity contribution in [1.82, 2.24) is 4.90 Å². The highest BCUT2D eigenvalue weighted by atomic mass is 35.5. The van der Waals surface area contributed by atoms with Gasteiger partial charge in [-0.1, -0.05) is 6.07 Å². The fraction of sp³-hybridized carbons (Fsp3) is 0.611. The van der Waals surface area contributed by atoms with Crippen LogP contribution in [0.15, 0.2) is 12.1 Å². The van der Waals surface area contributed by atoms with Gasteiger partial charge in [-0.05, 0) is 50.4 Å². The predicted octanol–water partition coefficient (Wildman–Crippen LogP) is 2.78. The van der Waals surface area contributed by atoms with E-state index in [2.05, 4.69) is 18.0 Å². The minimum absolute atomic E-state index is 0. The van der Waals surface area contributed by atoms with Crippen LogP contribution in [0.2, 0.25) is 0 Å². The van der Waals surface area contributed by atoms with Crippen LogP contribution < -0.4 is 9.47 Å². The molecule has 1 spiro atoms. The third kappa shape index (κ3) is 1.88. The molecule has 4 nitrogen and oxygen atoms in total. The number of benzene rings is 1. The number of hydrogen-bond acceptors (Lipinski definition) is 4. The quantitative estimate of drug-likeness (QED) is 0.760. The van der Waals surface area contributed by atoms with Crippen LogP contribution in [0.1, 0.15) is 30.4 Å². The van der Waals surface area contributed by atoms with Gasteiger partial charge in [-0.25, -0.2) is 0 Å². The fourth-order valence-electron chi connectivity index (χ4n) is 5.67. The van der Waals surface area contributed by atoms with E-state index in [1.54, 1.807) is 7.11 Å². The molecule has 2 aliphatic heterocycles. The van der Waals surface area contributed by atoms with E-state index in [9.17, 15) is 4.79 Å². The lowest BCUT2D eigenvalue weighted by atomic mass is 9.52. The van der Waals surface area contributed by atoms with Crippen molar-refractivity contribution in [1.29, 1.82) is 0 Å². The molecule has 2 bridgehead atoms. The molecule has 4 atom stereocenters. The second-order valence-electron chi connectivity index (χ2n) is 7.28. The van der Waals surface area contributed by atoms with E-state index < -0.39 is 0 Å². The zero-order valence-corrected chi connectivity index (χ0v) is 15.5. The molecule has 0 unspecified atom stereocenters. The van der Waals surface area contributed by atoms with Crippen LogP contribution in [0.5, 0.6) is 11.5 Å². The standard InChI is InChI=1S/C18H21NO3.2ClH/c1-19-8-7-18-11-4-5-13(20)17(18)22-16-14(21-2)6-3-10(15(16)18)9-12(11)19;;/h3,6,11-12,17H,4-5,7-9H2,1-2H3;2*1H/t11-,12+,17-,18-;;/m0../s1. The normalized spacial score (nSPS) is 35.2. The van der Waals surface area contributed by atoms with Crippen molar-refractivity contribution >= 4 is 30.6 Å². The molecule has 6 heteroatoms. The van der Waals surface area contributed by atoms with Crippen molar-refractivity contribution in [2.45, 2.75) is 43.2 Å². The van der Waals surface area contributed by atoms with E-state index in [1.807, 2.05) is 6.07 Å². The van der Waals surface area contributed by atoms with Crippen LogP contribution in [0, 0.1) is 5.92 Å². The molecule has 1 aromatic rings. The third-order valence-corrected chi connectivity index (χ3v) is 6.59. The van der Waals surface area contributed by atoms with Crippen molar-refractivity contribution in [3.8, 4) is 11.5 Å². The number of carbonyl (C=O) groups excluding carboxylic acids is 1. The predicted molar refractivity (Wildman–Crippen MR) is 96.1 cm³/mol. The molecule has 24 heavy (non-hydrogen) atoms. The average Bonchev–Trinajstić information content (AvgIpc) is 2.88. The molecule has 1 aromatic carbocycles. The Morgan fingerprint density at radius 3 is 2.88 bits per heavy atom. The van der Waals surface area contributed by atoms with Crippen molar-refractivity contribution in [3.63, 3.8) is 0 Å². The number of likely N-dealkylation sites (tertiary alicyclic amines) is 1. The van der Waals surface area contributed by atoms with E-state index >= 15 is 0 Å². The largest absolute Gasteiger partial charge is 0.493 e. The van der Waals surface area contributed by atoms with Crippen molar-refractivity contribution < 1.29 is 14.3 Å². The molecular weight excluding hydrogens is 349 g/mol. The van der Waals surface area contributed by atoms with Crippen LogP contribution in [0.3, 0.4) is 0 Å². The van der Waals surface area contributed by atoms with E-state index in [4.69, 9.17) is 9.47 Å². The SMILES string of the molecule is COc1ccc2c3c1O[C@H]1C(=O)CC[C@H]4[C@@H](C2)N(C)CC[C@]314.Cl.Cl. The molecule has 0 amide bonds. The number of Topliss-reactive ketones (excluding diaryl/α,β-unsaturated/α-hetero) is 1. The Morgan fingerprint density at radius 1 is 1.33 bits per heavy atom. The zero-order chi connectivity index (χ0) is 15.1. The summed E-state index contributed by atoms with van der Waals surface area (Å²) in [6.45, 7) is 1.05. The van der Waals surface area contributed by atoms with Gasteiger partial charge in [0, 0.05) is 23.4 Å². The maximum atomic E-state index is 12.6. The molecule has 5 rings (SSSR count). The number of piperidine rings is 1. The Balaban J connectivity index is 0.000000845. The average molecular weight is 372 g/mol. The fourth-order valence-corrected chi connectivity index (χ4v) is 5.67. The van der Waals surface area contributed by atoms with Gasteiger partial charge in [0.15, 0.2) is 23.4 Å². The zero-order valence-electron chi connectivity index (χ0n) is 13.9. The van der Waals surface area contributed by atoms with Gasteiger partial charge >= 0.3 is 0 Å². The first-order valence-electron chi connectivity index (χ1n) is 8.27. The van der Waals surface area contributed by atoms with Gasteiger partial charge < -0.3 is 14.4 Å². The highest BCUT2D eigenvalue weighted by Gasteiger charge is 2.65. The van der Waals surface area contributed by atoms with Gasteiger partial charge in [0.25, 0.3) is 0 Å². The van der Waals surface area contributed by atoms with Gasteiger partial charge in [-0.15, -0.1) is 24.8 Å². The molecule has 2 fully saturated rings. The molecule has 0 aromatic heterocycles. The summed E-state index contributed by atoms with van der Waals surface area (Å²) >= 11 is 0. The first-order chi connectivity index (χ1) is 10.7. The molecule has 1 saturated carbocycles. The van der Waals surface area contributed by atoms with E-state index in [-0.39, 0.29) is 42.1 Å². The topological polar surface area (TPSA) is 38.8 Å². The minimum Gasteiger partial charge on any atom is -0.493 e. The van der Waals surface area contributed by atoms with E-state index in [0.717, 1.165) is 37.3 Å². The Kier molecular flexibility index (Phi) is 4.30. The second kappa shape index (κ2) is 5.79. The molecule has 1 saturated heterocycles. The van der Waals surface area contributed by atoms with Crippen LogP contribution in [-0.4, -0.2) is 43.5 Å². The molecule has 0 N–H and O–H groups in total. The molecule has 132 valence electrons. The summed E-state index contributed by atoms with van der Waals surface area (Å²) < 4.78 is 11.8. The van der Waals surface area contributed by atoms with Crippen LogP contribution in [0.25, 0.3) is 0 Å². The number of carbonyl (C=O) groups is 1. The molecule has 0 radical (unpaired) electrons. The molecule has 4 aliphatic rings. The number of methoxy groups -OCH3 is 1. The number of halogens is 2. The minimum atomic E-state index is -0.284. The first-order valence-corrected chi connectivity index (χ1v) is 8.27. The van der Waals surface area contributed by atoms with Gasteiger partial charge in [-0.2, -0.15) is 0 Å². The Bertz CT molecular complexity index is 695. The summed E-state index contributed by atoms with van der Waals surface area (Å²) in [4.78, 5) is 15.1. The maximum Gasteiger partial charge on any atom is 0.174 e. The van der Waals surface area contributed by atoms with E-state index in [1.165, 1.54) is 11.1 Å². The molecule has 2 heterocycles. The lowest BCUT2D eigenvalue weighted by Crippen LogP contribution is -2.65. The molecular formula is C18H23Cl2NO3. The van der Waals surface area contributed by atoms with Gasteiger partial charge in [0.1, 0.15) is 0 Å². The van der Waals surface area contributed by atoms with Crippen LogP contribution in [0.4, 0.5) is 0 Å². The monoisotopic (exact) mass is 371 g/mol. The van der Waals surface area contributed by atoms with Gasteiger partial charge in [-0.3, -0.25) is 4.79 Å². The number of nitrogens with zero attached hydrogens (tertiary/aromatic N) is 1. The van der Waals surface area contributed by atoms with Gasteiger partial charge in [0.2, 0.25) is 0 Å². The summed E-state index contributed by atoms with van der Waals surface area (Å²) in [5, 5.41) is 0. The summed E-state index contributed by atoms with van der Waals surface area (Å²) in [5.74, 6) is 2.46. The van der Waals surface area contributed by atoms with Crippen molar-refractivity contribution in [2.24, 2.45) is 5.92 Å². The number of ether oxygens (including phenoxy) is 2. The van der Waals surface area contributed by atoms with E-state index in [0.29, 0.717) is 18.4 Å². The third-order valence-electron chi connectivity index (χ3n) is 6.59. The summed E-state index contributed by atoms with van der Waals surface area (Å²) in [7, 11) is 3.91. The lowest BCUT2D eigenvalue weighted by Gasteiger charge is -2.57. The Morgan fingerprint density at radius 2 is 2.12 bits per heavy atom. The summed E-state index contributed by atoms with van der Waals surface area (Å²) in [6, 6.07) is 4.73. The van der Waals surface area contributed by atoms with Crippen LogP contribution >= 0.6 is 24.8 Å². The first kappa shape index (κ1) is 17.8. The second-order valence-corrected chi connectivity index (χ2v) is 7.28.